The third-order valence-corrected chi connectivity index (χ3v) is 4.62. The third-order valence-electron chi connectivity index (χ3n) is 4.62. The van der Waals surface area contributed by atoms with Gasteiger partial charge in [-0.1, -0.05) is 17.3 Å². The molecule has 0 aliphatic carbocycles. The number of pyridine rings is 1. The van der Waals surface area contributed by atoms with Crippen LogP contribution >= 0.6 is 0 Å². The SMILES string of the molecule is O=C(NCc1cccc(C(F)(F)F)c1)c1nnn(-c2ccc(F)cc2)c1-c1ccncc1. The second kappa shape index (κ2) is 8.58. The van der Waals surface area contributed by atoms with Crippen molar-refractivity contribution in [2.24, 2.45) is 0 Å². The number of alkyl halides is 3. The first kappa shape index (κ1) is 21.2. The van der Waals surface area contributed by atoms with Gasteiger partial charge in [-0.05, 0) is 54.1 Å². The maximum atomic E-state index is 13.3. The number of carbonyl (C=O) groups excluding carboxylic acids is 1. The summed E-state index contributed by atoms with van der Waals surface area (Å²) >= 11 is 0. The van der Waals surface area contributed by atoms with E-state index >= 15 is 0 Å². The molecular formula is C22H15F4N5O. The molecule has 162 valence electrons. The molecule has 32 heavy (non-hydrogen) atoms. The zero-order valence-electron chi connectivity index (χ0n) is 16.3. The predicted molar refractivity (Wildman–Crippen MR) is 107 cm³/mol. The van der Waals surface area contributed by atoms with E-state index in [-0.39, 0.29) is 17.8 Å². The molecule has 0 unspecified atom stereocenters. The van der Waals surface area contributed by atoms with Crippen LogP contribution in [0.15, 0.2) is 73.1 Å². The summed E-state index contributed by atoms with van der Waals surface area (Å²) in [7, 11) is 0. The number of aromatic nitrogens is 4. The summed E-state index contributed by atoms with van der Waals surface area (Å²) in [4.78, 5) is 16.8. The van der Waals surface area contributed by atoms with Gasteiger partial charge in [0.1, 0.15) is 11.5 Å². The van der Waals surface area contributed by atoms with E-state index in [0.29, 0.717) is 16.9 Å². The fourth-order valence-corrected chi connectivity index (χ4v) is 3.09. The molecule has 2 heterocycles. The van der Waals surface area contributed by atoms with Gasteiger partial charge < -0.3 is 5.32 Å². The van der Waals surface area contributed by atoms with Crippen molar-refractivity contribution in [2.45, 2.75) is 12.7 Å². The molecule has 1 N–H and O–H groups in total. The lowest BCUT2D eigenvalue weighted by molar-refractivity contribution is -0.137. The van der Waals surface area contributed by atoms with Crippen LogP contribution in [0.1, 0.15) is 21.6 Å². The molecule has 6 nitrogen and oxygen atoms in total. The number of carbonyl (C=O) groups is 1. The number of hydrogen-bond donors (Lipinski definition) is 1. The Morgan fingerprint density at radius 2 is 1.72 bits per heavy atom. The van der Waals surface area contributed by atoms with Gasteiger partial charge in [0.05, 0.1) is 11.3 Å². The number of nitrogens with one attached hydrogen (secondary N) is 1. The van der Waals surface area contributed by atoms with E-state index in [1.165, 1.54) is 53.5 Å². The molecule has 0 radical (unpaired) electrons. The maximum Gasteiger partial charge on any atom is 0.416 e. The number of benzene rings is 2. The second-order valence-electron chi connectivity index (χ2n) is 6.79. The van der Waals surface area contributed by atoms with Crippen molar-refractivity contribution < 1.29 is 22.4 Å². The van der Waals surface area contributed by atoms with Crippen LogP contribution < -0.4 is 5.32 Å². The molecule has 0 bridgehead atoms. The largest absolute Gasteiger partial charge is 0.416 e. The zero-order valence-corrected chi connectivity index (χ0v) is 16.3. The average molecular weight is 441 g/mol. The molecule has 0 saturated carbocycles. The van der Waals surface area contributed by atoms with Crippen molar-refractivity contribution in [1.82, 2.24) is 25.3 Å². The molecule has 0 atom stereocenters. The van der Waals surface area contributed by atoms with Crippen molar-refractivity contribution in [1.29, 1.82) is 0 Å². The van der Waals surface area contributed by atoms with E-state index < -0.39 is 23.5 Å². The highest BCUT2D eigenvalue weighted by Gasteiger charge is 2.30. The Morgan fingerprint density at radius 3 is 2.41 bits per heavy atom. The number of hydrogen-bond acceptors (Lipinski definition) is 4. The van der Waals surface area contributed by atoms with Crippen molar-refractivity contribution in [2.75, 3.05) is 0 Å². The van der Waals surface area contributed by atoms with Crippen molar-refractivity contribution in [3.05, 3.63) is 95.7 Å². The summed E-state index contributed by atoms with van der Waals surface area (Å²) in [6.45, 7) is -0.137. The Balaban J connectivity index is 1.65. The van der Waals surface area contributed by atoms with Gasteiger partial charge in [-0.3, -0.25) is 9.78 Å². The van der Waals surface area contributed by atoms with Gasteiger partial charge in [-0.15, -0.1) is 5.10 Å². The van der Waals surface area contributed by atoms with Gasteiger partial charge in [0.15, 0.2) is 5.69 Å². The second-order valence-corrected chi connectivity index (χ2v) is 6.79. The molecule has 4 aromatic rings. The van der Waals surface area contributed by atoms with Crippen molar-refractivity contribution in [3.8, 4) is 16.9 Å². The first-order valence-corrected chi connectivity index (χ1v) is 9.39. The summed E-state index contributed by atoms with van der Waals surface area (Å²) in [5.74, 6) is -1.05. The topological polar surface area (TPSA) is 72.7 Å². The van der Waals surface area contributed by atoms with E-state index in [2.05, 4.69) is 20.6 Å². The van der Waals surface area contributed by atoms with E-state index in [9.17, 15) is 22.4 Å². The van der Waals surface area contributed by atoms with Crippen LogP contribution in [0.3, 0.4) is 0 Å². The normalized spacial score (nSPS) is 11.4. The van der Waals surface area contributed by atoms with Crippen LogP contribution in [0.4, 0.5) is 17.6 Å². The molecule has 0 fully saturated rings. The molecule has 0 aliphatic rings. The van der Waals surface area contributed by atoms with Crippen LogP contribution in [0, 0.1) is 5.82 Å². The predicted octanol–water partition coefficient (Wildman–Crippen LogP) is 4.42. The maximum absolute atomic E-state index is 13.3. The summed E-state index contributed by atoms with van der Waals surface area (Å²) < 4.78 is 53.5. The monoisotopic (exact) mass is 441 g/mol. The van der Waals surface area contributed by atoms with Gasteiger partial charge in [0.25, 0.3) is 5.91 Å². The minimum Gasteiger partial charge on any atom is -0.346 e. The Labute approximate surface area is 179 Å². The fourth-order valence-electron chi connectivity index (χ4n) is 3.09. The van der Waals surface area contributed by atoms with Crippen LogP contribution in [0.25, 0.3) is 16.9 Å². The highest BCUT2D eigenvalue weighted by molar-refractivity contribution is 5.98. The fraction of sp³-hybridized carbons (Fsp3) is 0.0909. The quantitative estimate of drug-likeness (QED) is 0.466. The molecule has 1 amide bonds. The van der Waals surface area contributed by atoms with Crippen molar-refractivity contribution in [3.63, 3.8) is 0 Å². The minimum absolute atomic E-state index is 0.0347. The molecule has 0 aliphatic heterocycles. The lowest BCUT2D eigenvalue weighted by Gasteiger charge is -2.10. The van der Waals surface area contributed by atoms with Crippen LogP contribution in [0.2, 0.25) is 0 Å². The summed E-state index contributed by atoms with van der Waals surface area (Å²) in [6, 6.07) is 13.5. The Bertz CT molecular complexity index is 1240. The number of rotatable bonds is 5. The Hall–Kier alpha value is -4.08. The molecule has 2 aromatic heterocycles. The van der Waals surface area contributed by atoms with Gasteiger partial charge in [0, 0.05) is 24.5 Å². The van der Waals surface area contributed by atoms with Gasteiger partial charge in [0.2, 0.25) is 0 Å². The van der Waals surface area contributed by atoms with Gasteiger partial charge >= 0.3 is 6.18 Å². The zero-order chi connectivity index (χ0) is 22.7. The van der Waals surface area contributed by atoms with Gasteiger partial charge in [-0.2, -0.15) is 13.2 Å². The number of halogens is 4. The summed E-state index contributed by atoms with van der Waals surface area (Å²) in [6.07, 6.45) is -1.42. The molecular weight excluding hydrogens is 426 g/mol. The molecule has 2 aromatic carbocycles. The third kappa shape index (κ3) is 4.48. The first-order valence-electron chi connectivity index (χ1n) is 9.39. The number of nitrogens with zero attached hydrogens (tertiary/aromatic N) is 4. The highest BCUT2D eigenvalue weighted by Crippen LogP contribution is 2.29. The van der Waals surface area contributed by atoms with E-state index in [1.54, 1.807) is 12.1 Å². The van der Waals surface area contributed by atoms with E-state index in [0.717, 1.165) is 12.1 Å². The summed E-state index contributed by atoms with van der Waals surface area (Å²) in [5.41, 5.74) is 0.836. The Morgan fingerprint density at radius 1 is 1.00 bits per heavy atom. The van der Waals surface area contributed by atoms with Crippen molar-refractivity contribution >= 4 is 5.91 Å². The number of amides is 1. The first-order chi connectivity index (χ1) is 15.3. The van der Waals surface area contributed by atoms with Crippen LogP contribution in [-0.2, 0) is 12.7 Å². The lowest BCUT2D eigenvalue weighted by Crippen LogP contribution is -2.24. The molecule has 0 saturated heterocycles. The molecule has 4 rings (SSSR count). The molecule has 0 spiro atoms. The average Bonchev–Trinajstić information content (AvgIpc) is 3.23. The molecule has 10 heteroatoms. The van der Waals surface area contributed by atoms with Crippen LogP contribution in [-0.4, -0.2) is 25.9 Å². The lowest BCUT2D eigenvalue weighted by atomic mass is 10.1. The highest BCUT2D eigenvalue weighted by atomic mass is 19.4. The van der Waals surface area contributed by atoms with Gasteiger partial charge in [-0.25, -0.2) is 9.07 Å². The Kier molecular flexibility index (Phi) is 5.67. The smallest absolute Gasteiger partial charge is 0.346 e. The van der Waals surface area contributed by atoms with Crippen LogP contribution in [0.5, 0.6) is 0 Å². The van der Waals surface area contributed by atoms with E-state index in [4.69, 9.17) is 0 Å². The minimum atomic E-state index is -4.48. The summed E-state index contributed by atoms with van der Waals surface area (Å²) in [5, 5.41) is 10.6. The standard InChI is InChI=1S/C22H15F4N5O/c23-17-4-6-18(7-5-17)31-20(15-8-10-27-11-9-15)19(29-30-31)21(32)28-13-14-2-1-3-16(12-14)22(24,25)26/h1-12H,13H2,(H,28,32). The van der Waals surface area contributed by atoms with E-state index in [1.807, 2.05) is 0 Å².